The molecule has 1 atom stereocenters. The molecule has 1 saturated heterocycles. The van der Waals surface area contributed by atoms with Gasteiger partial charge in [0.1, 0.15) is 0 Å². The van der Waals surface area contributed by atoms with Crippen LogP contribution in [-0.2, 0) is 22.6 Å². The number of nitrogens with zero attached hydrogens (tertiary/aromatic N) is 4. The van der Waals surface area contributed by atoms with Crippen LogP contribution in [0.25, 0.3) is 10.8 Å². The number of hydrogen-bond donors (Lipinski definition) is 2. The van der Waals surface area contributed by atoms with Crippen molar-refractivity contribution < 1.29 is 27.9 Å². The first-order valence-corrected chi connectivity index (χ1v) is 13.9. The topological polar surface area (TPSA) is 117 Å². The maximum Gasteiger partial charge on any atom is 0.490 e. The number of fused-ring (bicyclic) bond motifs is 1. The van der Waals surface area contributed by atoms with Crippen molar-refractivity contribution in [2.75, 3.05) is 19.6 Å². The van der Waals surface area contributed by atoms with Crippen LogP contribution in [-0.4, -0.2) is 68.5 Å². The fourth-order valence-corrected chi connectivity index (χ4v) is 4.72. The van der Waals surface area contributed by atoms with Gasteiger partial charge < -0.3 is 10.4 Å². The summed E-state index contributed by atoms with van der Waals surface area (Å²) in [5, 5.41) is 17.1. The second kappa shape index (κ2) is 14.1. The summed E-state index contributed by atoms with van der Waals surface area (Å²) in [6.45, 7) is 8.87. The molecule has 42 heavy (non-hydrogen) atoms. The zero-order valence-corrected chi connectivity index (χ0v) is 24.5. The standard InChI is InChI=1S/C27H34ClN5O2.C2HF3O2/c1-27(2,3)26(35)30-12-5-15-32-14-4-6-21(32)18-33-25(34)22-11-13-29-17-23(22)24(31-33)16-19-7-9-20(28)10-8-19;3-2(4,5)1(6)7/h7-11,13,17,21H,4-6,12,14-16,18H2,1-3H3,(H,30,35);(H,6,7)/t21-;/m1./s1. The molecule has 0 saturated carbocycles. The molecule has 1 amide bonds. The Balaban J connectivity index is 0.000000616. The van der Waals surface area contributed by atoms with Crippen LogP contribution < -0.4 is 10.9 Å². The minimum Gasteiger partial charge on any atom is -0.475 e. The van der Waals surface area contributed by atoms with Crippen LogP contribution in [0.3, 0.4) is 0 Å². The Morgan fingerprint density at radius 2 is 1.79 bits per heavy atom. The van der Waals surface area contributed by atoms with Gasteiger partial charge in [0.25, 0.3) is 5.56 Å². The summed E-state index contributed by atoms with van der Waals surface area (Å²) in [7, 11) is 0. The Kier molecular flexibility index (Phi) is 11.1. The van der Waals surface area contributed by atoms with Crippen molar-refractivity contribution in [1.29, 1.82) is 0 Å². The molecule has 0 unspecified atom stereocenters. The highest BCUT2D eigenvalue weighted by Gasteiger charge is 2.38. The van der Waals surface area contributed by atoms with E-state index in [0.29, 0.717) is 29.9 Å². The Morgan fingerprint density at radius 3 is 2.40 bits per heavy atom. The first-order valence-electron chi connectivity index (χ1n) is 13.6. The number of hydrogen-bond acceptors (Lipinski definition) is 6. The lowest BCUT2D eigenvalue weighted by atomic mass is 9.96. The molecule has 1 aliphatic rings. The molecule has 0 bridgehead atoms. The molecule has 9 nitrogen and oxygen atoms in total. The zero-order valence-electron chi connectivity index (χ0n) is 23.7. The van der Waals surface area contributed by atoms with Gasteiger partial charge in [-0.05, 0) is 49.6 Å². The van der Waals surface area contributed by atoms with Crippen molar-refractivity contribution in [1.82, 2.24) is 25.0 Å². The summed E-state index contributed by atoms with van der Waals surface area (Å²) in [4.78, 5) is 41.0. The number of halogens is 4. The predicted molar refractivity (Wildman–Crippen MR) is 153 cm³/mol. The SMILES string of the molecule is CC(C)(C)C(=O)NCCCN1CCC[C@@H]1Cn1nc(Cc2ccc(Cl)cc2)c2cnccc2c1=O.O=C(O)C(F)(F)F. The minimum atomic E-state index is -5.08. The summed E-state index contributed by atoms with van der Waals surface area (Å²) >= 11 is 6.05. The molecule has 0 aliphatic carbocycles. The van der Waals surface area contributed by atoms with Crippen molar-refractivity contribution in [3.63, 3.8) is 0 Å². The first-order chi connectivity index (χ1) is 19.7. The normalized spacial score (nSPS) is 15.7. The second-order valence-electron chi connectivity index (χ2n) is 11.2. The highest BCUT2D eigenvalue weighted by Crippen LogP contribution is 2.21. The van der Waals surface area contributed by atoms with Gasteiger partial charge in [0.05, 0.1) is 17.6 Å². The Morgan fingerprint density at radius 1 is 1.12 bits per heavy atom. The van der Waals surface area contributed by atoms with Gasteiger partial charge in [0.2, 0.25) is 5.91 Å². The molecule has 3 heterocycles. The average molecular weight is 610 g/mol. The number of alkyl halides is 3. The lowest BCUT2D eigenvalue weighted by molar-refractivity contribution is -0.192. The van der Waals surface area contributed by atoms with E-state index in [4.69, 9.17) is 26.6 Å². The molecule has 1 aliphatic heterocycles. The lowest BCUT2D eigenvalue weighted by Crippen LogP contribution is -2.40. The Labute approximate surface area is 246 Å². The molecular formula is C29H35ClF3N5O4. The van der Waals surface area contributed by atoms with Gasteiger partial charge in [-0.1, -0.05) is 44.5 Å². The van der Waals surface area contributed by atoms with E-state index >= 15 is 0 Å². The Bertz CT molecular complexity index is 1440. The van der Waals surface area contributed by atoms with Crippen LogP contribution in [0.2, 0.25) is 5.02 Å². The number of carbonyl (C=O) groups excluding carboxylic acids is 1. The highest BCUT2D eigenvalue weighted by atomic mass is 35.5. The van der Waals surface area contributed by atoms with E-state index in [1.54, 1.807) is 23.1 Å². The van der Waals surface area contributed by atoms with E-state index in [1.807, 2.05) is 45.0 Å². The molecule has 0 spiro atoms. The van der Waals surface area contributed by atoms with Gasteiger partial charge in [0, 0.05) is 53.8 Å². The van der Waals surface area contributed by atoms with Gasteiger partial charge in [-0.3, -0.25) is 19.5 Å². The molecule has 3 aromatic rings. The van der Waals surface area contributed by atoms with Crippen LogP contribution in [0.15, 0.2) is 47.5 Å². The molecule has 13 heteroatoms. The smallest absolute Gasteiger partial charge is 0.475 e. The van der Waals surface area contributed by atoms with Crippen molar-refractivity contribution >= 4 is 34.2 Å². The van der Waals surface area contributed by atoms with E-state index in [-0.39, 0.29) is 22.9 Å². The van der Waals surface area contributed by atoms with E-state index in [1.165, 1.54) is 0 Å². The molecule has 2 aromatic heterocycles. The third-order valence-electron chi connectivity index (χ3n) is 6.84. The molecule has 228 valence electrons. The van der Waals surface area contributed by atoms with Crippen molar-refractivity contribution in [2.24, 2.45) is 5.41 Å². The highest BCUT2D eigenvalue weighted by molar-refractivity contribution is 6.30. The summed E-state index contributed by atoms with van der Waals surface area (Å²) < 4.78 is 33.4. The maximum atomic E-state index is 13.3. The number of aliphatic carboxylic acids is 1. The molecule has 1 fully saturated rings. The van der Waals surface area contributed by atoms with Crippen molar-refractivity contribution in [2.45, 2.75) is 65.2 Å². The fraction of sp³-hybridized carbons (Fsp3) is 0.483. The van der Waals surface area contributed by atoms with E-state index < -0.39 is 12.1 Å². The maximum absolute atomic E-state index is 13.3. The summed E-state index contributed by atoms with van der Waals surface area (Å²) in [5.74, 6) is -2.68. The van der Waals surface area contributed by atoms with Gasteiger partial charge in [-0.2, -0.15) is 18.3 Å². The van der Waals surface area contributed by atoms with E-state index in [2.05, 4.69) is 15.2 Å². The first kappa shape index (κ1) is 33.0. The van der Waals surface area contributed by atoms with Crippen LogP contribution in [0.4, 0.5) is 13.2 Å². The number of rotatable bonds is 8. The van der Waals surface area contributed by atoms with Gasteiger partial charge >= 0.3 is 12.1 Å². The monoisotopic (exact) mass is 609 g/mol. The third-order valence-corrected chi connectivity index (χ3v) is 7.09. The van der Waals surface area contributed by atoms with Gasteiger partial charge in [-0.15, -0.1) is 0 Å². The third kappa shape index (κ3) is 9.25. The summed E-state index contributed by atoms with van der Waals surface area (Å²) in [5.41, 5.74) is 1.46. The number of nitrogens with one attached hydrogen (secondary N) is 1. The molecule has 0 radical (unpaired) electrons. The largest absolute Gasteiger partial charge is 0.490 e. The lowest BCUT2D eigenvalue weighted by Gasteiger charge is -2.25. The molecule has 4 rings (SSSR count). The van der Waals surface area contributed by atoms with Crippen LogP contribution >= 0.6 is 11.6 Å². The van der Waals surface area contributed by atoms with Crippen LogP contribution in [0, 0.1) is 5.41 Å². The summed E-state index contributed by atoms with van der Waals surface area (Å²) in [6.07, 6.45) is 1.92. The predicted octanol–water partition coefficient (Wildman–Crippen LogP) is 4.69. The van der Waals surface area contributed by atoms with Crippen LogP contribution in [0.5, 0.6) is 0 Å². The summed E-state index contributed by atoms with van der Waals surface area (Å²) in [6, 6.07) is 9.74. The number of benzene rings is 1. The van der Waals surface area contributed by atoms with E-state index in [0.717, 1.165) is 49.0 Å². The Hall–Kier alpha value is -3.51. The van der Waals surface area contributed by atoms with Crippen molar-refractivity contribution in [3.05, 3.63) is 69.4 Å². The minimum absolute atomic E-state index is 0.0742. The van der Waals surface area contributed by atoms with Gasteiger partial charge in [-0.25, -0.2) is 9.48 Å². The number of carboxylic acid groups (broad SMARTS) is 1. The second-order valence-corrected chi connectivity index (χ2v) is 11.6. The number of amides is 1. The van der Waals surface area contributed by atoms with E-state index in [9.17, 15) is 22.8 Å². The fourth-order valence-electron chi connectivity index (χ4n) is 4.59. The molecule has 2 N–H and O–H groups in total. The average Bonchev–Trinajstić information content (AvgIpc) is 3.36. The molecular weight excluding hydrogens is 575 g/mol. The number of carbonyl (C=O) groups is 2. The van der Waals surface area contributed by atoms with Gasteiger partial charge in [0.15, 0.2) is 0 Å². The van der Waals surface area contributed by atoms with Crippen molar-refractivity contribution in [3.8, 4) is 0 Å². The number of aromatic nitrogens is 3. The zero-order chi connectivity index (χ0) is 31.1. The number of likely N-dealkylation sites (tertiary alicyclic amines) is 1. The quantitative estimate of drug-likeness (QED) is 0.356. The molecule has 1 aromatic carbocycles. The van der Waals surface area contributed by atoms with Crippen LogP contribution in [0.1, 0.15) is 51.3 Å². The number of carboxylic acids is 1. The number of pyridine rings is 1.